The largest absolute Gasteiger partial charge is 0.389 e. The van der Waals surface area contributed by atoms with Gasteiger partial charge in [-0.1, -0.05) is 6.07 Å². The van der Waals surface area contributed by atoms with Gasteiger partial charge in [0, 0.05) is 50.6 Å². The molecule has 2 unspecified atom stereocenters. The summed E-state index contributed by atoms with van der Waals surface area (Å²) in [5, 5.41) is 17.2. The van der Waals surface area contributed by atoms with Crippen LogP contribution in [0.3, 0.4) is 0 Å². The van der Waals surface area contributed by atoms with Crippen LogP contribution in [0.4, 0.5) is 0 Å². The quantitative estimate of drug-likeness (QED) is 0.498. The van der Waals surface area contributed by atoms with Crippen molar-refractivity contribution in [3.63, 3.8) is 0 Å². The monoisotopic (exact) mass is 432 g/mol. The Morgan fingerprint density at radius 1 is 1.25 bits per heavy atom. The number of carbonyl (C=O) groups excluding carboxylic acids is 1. The number of hydrogen-bond donors (Lipinski definition) is 2. The minimum absolute atomic E-state index is 0.229. The van der Waals surface area contributed by atoms with E-state index in [2.05, 4.69) is 20.4 Å². The minimum atomic E-state index is -0.710. The number of hydrogen-bond acceptors (Lipinski definition) is 6. The molecular weight excluding hydrogens is 408 g/mol. The van der Waals surface area contributed by atoms with Gasteiger partial charge in [-0.25, -0.2) is 0 Å². The zero-order chi connectivity index (χ0) is 22.1. The Labute approximate surface area is 184 Å². The van der Waals surface area contributed by atoms with Gasteiger partial charge < -0.3 is 19.7 Å². The fraction of sp³-hybridized carbons (Fsp3) is 0.304. The number of aliphatic hydroxyl groups excluding tert-OH is 1. The lowest BCUT2D eigenvalue weighted by Gasteiger charge is -2.28. The predicted molar refractivity (Wildman–Crippen MR) is 118 cm³/mol. The highest BCUT2D eigenvalue weighted by atomic mass is 16.5. The molecule has 32 heavy (non-hydrogen) atoms. The molecule has 1 aliphatic heterocycles. The van der Waals surface area contributed by atoms with Crippen LogP contribution in [0.1, 0.15) is 22.3 Å². The van der Waals surface area contributed by atoms with Crippen LogP contribution in [0, 0.1) is 0 Å². The van der Waals surface area contributed by atoms with Crippen molar-refractivity contribution in [1.29, 1.82) is 0 Å². The van der Waals surface area contributed by atoms with Crippen LogP contribution in [-0.2, 0) is 18.3 Å². The number of fused-ring (bicyclic) bond motifs is 1. The van der Waals surface area contributed by atoms with Gasteiger partial charge >= 0.3 is 0 Å². The van der Waals surface area contributed by atoms with Crippen LogP contribution in [-0.4, -0.2) is 60.7 Å². The molecule has 2 N–H and O–H groups in total. The van der Waals surface area contributed by atoms with Crippen molar-refractivity contribution in [3.8, 4) is 11.3 Å². The highest BCUT2D eigenvalue weighted by Gasteiger charge is 2.27. The van der Waals surface area contributed by atoms with E-state index in [9.17, 15) is 9.90 Å². The first-order chi connectivity index (χ1) is 15.6. The van der Waals surface area contributed by atoms with E-state index in [4.69, 9.17) is 4.74 Å². The third-order valence-electron chi connectivity index (χ3n) is 5.70. The summed E-state index contributed by atoms with van der Waals surface area (Å²) in [4.78, 5) is 22.0. The third-order valence-corrected chi connectivity index (χ3v) is 5.70. The Balaban J connectivity index is 1.39. The average molecular weight is 432 g/mol. The highest BCUT2D eigenvalue weighted by molar-refractivity contribution is 6.05. The molecule has 1 aliphatic rings. The topological polar surface area (TPSA) is 107 Å². The number of amides is 1. The number of nitrogens with one attached hydrogen (secondary N) is 1. The summed E-state index contributed by atoms with van der Waals surface area (Å²) in [6, 6.07) is 7.46. The van der Waals surface area contributed by atoms with E-state index >= 15 is 0 Å². The molecule has 1 fully saturated rings. The first-order valence-corrected chi connectivity index (χ1v) is 10.5. The van der Waals surface area contributed by atoms with Crippen molar-refractivity contribution < 1.29 is 14.6 Å². The number of aromatic nitrogens is 5. The number of aryl methyl sites for hydroxylation is 1. The molecule has 4 aromatic rings. The van der Waals surface area contributed by atoms with Crippen molar-refractivity contribution in [1.82, 2.24) is 29.6 Å². The summed E-state index contributed by atoms with van der Waals surface area (Å²) < 4.78 is 8.99. The minimum Gasteiger partial charge on any atom is -0.389 e. The molecule has 0 saturated carbocycles. The lowest BCUT2D eigenvalue weighted by molar-refractivity contribution is -0.0260. The Hall–Kier alpha value is -3.56. The van der Waals surface area contributed by atoms with Gasteiger partial charge in [0.1, 0.15) is 5.52 Å². The zero-order valence-corrected chi connectivity index (χ0v) is 17.7. The Morgan fingerprint density at radius 3 is 2.91 bits per heavy atom. The van der Waals surface area contributed by atoms with Gasteiger partial charge in [0.2, 0.25) is 0 Å². The van der Waals surface area contributed by atoms with Crippen LogP contribution < -0.4 is 5.32 Å². The molecule has 5 rings (SSSR count). The predicted octanol–water partition coefficient (Wildman–Crippen LogP) is 1.76. The van der Waals surface area contributed by atoms with Gasteiger partial charge in [0.15, 0.2) is 0 Å². The smallest absolute Gasteiger partial charge is 0.255 e. The molecule has 0 radical (unpaired) electrons. The van der Waals surface area contributed by atoms with Crippen molar-refractivity contribution in [2.75, 3.05) is 13.2 Å². The second kappa shape index (κ2) is 8.52. The van der Waals surface area contributed by atoms with E-state index in [-0.39, 0.29) is 18.6 Å². The first-order valence-electron chi connectivity index (χ1n) is 10.5. The number of rotatable bonds is 5. The molecule has 0 aromatic carbocycles. The Morgan fingerprint density at radius 2 is 2.16 bits per heavy atom. The maximum absolute atomic E-state index is 13.0. The third kappa shape index (κ3) is 4.00. The molecule has 2 atom stereocenters. The Bertz CT molecular complexity index is 1250. The summed E-state index contributed by atoms with van der Waals surface area (Å²) in [6.45, 7) is 1.30. The molecule has 164 valence electrons. The van der Waals surface area contributed by atoms with Gasteiger partial charge in [-0.15, -0.1) is 0 Å². The van der Waals surface area contributed by atoms with Crippen LogP contribution >= 0.6 is 0 Å². The molecule has 9 heteroatoms. The van der Waals surface area contributed by atoms with Crippen LogP contribution in [0.25, 0.3) is 22.3 Å². The molecule has 1 saturated heterocycles. The fourth-order valence-electron chi connectivity index (χ4n) is 4.00. The van der Waals surface area contributed by atoms with Crippen LogP contribution in [0.2, 0.25) is 0 Å². The summed E-state index contributed by atoms with van der Waals surface area (Å²) >= 11 is 0. The van der Waals surface area contributed by atoms with Gasteiger partial charge in [-0.2, -0.15) is 5.10 Å². The molecule has 4 aromatic heterocycles. The number of nitrogens with zero attached hydrogens (tertiary/aromatic N) is 5. The van der Waals surface area contributed by atoms with E-state index in [1.807, 2.05) is 54.5 Å². The standard InChI is InChI=1S/C23H24N6O3/c1-28-12-16(10-26-28)18-5-4-15(9-25-18)11-29-13-17(22-20(29)3-2-7-24-22)23(31)27-19-6-8-32-14-21(19)30/h2-5,7,9-10,12-13,19,21,30H,6,8,11,14H2,1H3,(H,27,31). The first kappa shape index (κ1) is 20.3. The zero-order valence-electron chi connectivity index (χ0n) is 17.7. The van der Waals surface area contributed by atoms with Gasteiger partial charge in [0.25, 0.3) is 5.91 Å². The van der Waals surface area contributed by atoms with E-state index in [1.165, 1.54) is 0 Å². The van der Waals surface area contributed by atoms with E-state index in [0.717, 1.165) is 22.3 Å². The summed E-state index contributed by atoms with van der Waals surface area (Å²) in [7, 11) is 1.87. The number of pyridine rings is 2. The molecule has 1 amide bonds. The maximum atomic E-state index is 13.0. The van der Waals surface area contributed by atoms with Crippen molar-refractivity contribution >= 4 is 16.9 Å². The van der Waals surface area contributed by atoms with Gasteiger partial charge in [-0.05, 0) is 30.2 Å². The normalized spacial score (nSPS) is 18.7. The Kier molecular flexibility index (Phi) is 5.42. The molecule has 0 spiro atoms. The molecule has 5 heterocycles. The van der Waals surface area contributed by atoms with Crippen LogP contribution in [0.5, 0.6) is 0 Å². The van der Waals surface area contributed by atoms with Crippen LogP contribution in [0.15, 0.2) is 55.2 Å². The maximum Gasteiger partial charge on any atom is 0.255 e. The van der Waals surface area contributed by atoms with E-state index in [0.29, 0.717) is 30.7 Å². The van der Waals surface area contributed by atoms with Crippen molar-refractivity contribution in [2.45, 2.75) is 25.1 Å². The number of carbonyl (C=O) groups is 1. The molecule has 0 bridgehead atoms. The van der Waals surface area contributed by atoms with Gasteiger partial charge in [0.05, 0.1) is 41.7 Å². The molecule has 0 aliphatic carbocycles. The fourth-order valence-corrected chi connectivity index (χ4v) is 4.00. The van der Waals surface area contributed by atoms with Crippen molar-refractivity contribution in [3.05, 3.63) is 66.4 Å². The van der Waals surface area contributed by atoms with E-state index in [1.54, 1.807) is 17.1 Å². The second-order valence-corrected chi connectivity index (χ2v) is 8.01. The summed E-state index contributed by atoms with van der Waals surface area (Å²) in [5.41, 5.74) is 4.80. The SMILES string of the molecule is Cn1cc(-c2ccc(Cn3cc(C(=O)NC4CCOCC4O)c4ncccc43)cn2)cn1. The van der Waals surface area contributed by atoms with E-state index < -0.39 is 6.10 Å². The summed E-state index contributed by atoms with van der Waals surface area (Å²) in [5.74, 6) is -0.247. The lowest BCUT2D eigenvalue weighted by Crippen LogP contribution is -2.48. The second-order valence-electron chi connectivity index (χ2n) is 8.01. The van der Waals surface area contributed by atoms with Crippen molar-refractivity contribution in [2.24, 2.45) is 7.05 Å². The average Bonchev–Trinajstić information content (AvgIpc) is 3.40. The highest BCUT2D eigenvalue weighted by Crippen LogP contribution is 2.22. The molecule has 9 nitrogen and oxygen atoms in total. The van der Waals surface area contributed by atoms with Gasteiger partial charge in [-0.3, -0.25) is 19.4 Å². The number of aliphatic hydroxyl groups is 1. The molecular formula is C23H24N6O3. The summed E-state index contributed by atoms with van der Waals surface area (Å²) in [6.07, 6.45) is 8.90. The lowest BCUT2D eigenvalue weighted by atomic mass is 10.1. The number of ether oxygens (including phenoxy) is 1.